The molecular weight excluding hydrogens is 441 g/mol. The van der Waals surface area contributed by atoms with E-state index in [4.69, 9.17) is 11.6 Å². The molecule has 0 unspecified atom stereocenters. The molecule has 1 heterocycles. The van der Waals surface area contributed by atoms with Crippen molar-refractivity contribution in [3.8, 4) is 0 Å². The number of aromatic amines is 1. The number of rotatable bonds is 6. The van der Waals surface area contributed by atoms with Crippen molar-refractivity contribution in [2.75, 3.05) is 16.5 Å². The van der Waals surface area contributed by atoms with Gasteiger partial charge in [-0.15, -0.1) is 5.10 Å². The Bertz CT molecular complexity index is 908. The number of aromatic nitrogens is 3. The molecule has 1 aromatic heterocycles. The second-order valence-corrected chi connectivity index (χ2v) is 8.05. The third kappa shape index (κ3) is 6.63. The smallest absolute Gasteiger partial charge is 0.324 e. The van der Waals surface area contributed by atoms with Crippen molar-refractivity contribution in [2.24, 2.45) is 5.10 Å². The van der Waals surface area contributed by atoms with Crippen LogP contribution in [0.1, 0.15) is 44.1 Å². The van der Waals surface area contributed by atoms with Gasteiger partial charge in [0.2, 0.25) is 17.0 Å². The number of benzene rings is 1. The minimum absolute atomic E-state index is 0.0170. The van der Waals surface area contributed by atoms with E-state index in [2.05, 4.69) is 31.0 Å². The summed E-state index contributed by atoms with van der Waals surface area (Å²) >= 11 is 6.91. The van der Waals surface area contributed by atoms with Crippen molar-refractivity contribution in [2.45, 2.75) is 49.9 Å². The largest absolute Gasteiger partial charge is 0.416 e. The Balaban J connectivity index is 1.51. The van der Waals surface area contributed by atoms with Crippen molar-refractivity contribution >= 4 is 46.6 Å². The van der Waals surface area contributed by atoms with Crippen LogP contribution in [0.2, 0.25) is 5.02 Å². The molecule has 0 saturated heterocycles. The average Bonchev–Trinajstić information content (AvgIpc) is 2.99. The lowest BCUT2D eigenvalue weighted by Crippen LogP contribution is -2.15. The van der Waals surface area contributed by atoms with Crippen LogP contribution in [0.5, 0.6) is 0 Å². The van der Waals surface area contributed by atoms with Gasteiger partial charge in [0.25, 0.3) is 0 Å². The molecule has 1 aliphatic rings. The van der Waals surface area contributed by atoms with E-state index in [1.165, 1.54) is 12.8 Å². The Morgan fingerprint density at radius 3 is 2.67 bits per heavy atom. The van der Waals surface area contributed by atoms with E-state index in [0.29, 0.717) is 11.1 Å². The molecular formula is C18H20ClF3N6OS. The molecule has 3 N–H and O–H groups in total. The molecule has 1 saturated carbocycles. The van der Waals surface area contributed by atoms with Crippen LogP contribution in [0.3, 0.4) is 0 Å². The Kier molecular flexibility index (Phi) is 7.59. The summed E-state index contributed by atoms with van der Waals surface area (Å²) in [7, 11) is 0. The second-order valence-electron chi connectivity index (χ2n) is 6.70. The quantitative estimate of drug-likeness (QED) is 0.307. The predicted molar refractivity (Wildman–Crippen MR) is 111 cm³/mol. The Morgan fingerprint density at radius 2 is 1.97 bits per heavy atom. The van der Waals surface area contributed by atoms with Crippen LogP contribution in [0, 0.1) is 0 Å². The highest BCUT2D eigenvalue weighted by Crippen LogP contribution is 2.34. The fraction of sp³-hybridized carbons (Fsp3) is 0.444. The summed E-state index contributed by atoms with van der Waals surface area (Å²) in [6.07, 6.45) is 2.08. The third-order valence-corrected chi connectivity index (χ3v) is 5.54. The van der Waals surface area contributed by atoms with E-state index in [-0.39, 0.29) is 16.5 Å². The Labute approximate surface area is 180 Å². The maximum Gasteiger partial charge on any atom is 0.416 e. The summed E-state index contributed by atoms with van der Waals surface area (Å²) in [4.78, 5) is 16.3. The van der Waals surface area contributed by atoms with Crippen molar-refractivity contribution in [3.63, 3.8) is 0 Å². The number of amides is 1. The molecule has 1 aliphatic carbocycles. The standard InChI is InChI=1S/C18H20ClF3N6OS/c19-13-8-7-11(18(20,21)22)9-14(13)23-15(29)10-30-17-24-16(27-28-17)26-25-12-5-3-1-2-4-6-12/h7-9H,1-6,10H2,(H,23,29)(H2,24,26,27,28). The van der Waals surface area contributed by atoms with E-state index in [9.17, 15) is 18.0 Å². The number of hydrogen-bond donors (Lipinski definition) is 3. The summed E-state index contributed by atoms with van der Waals surface area (Å²) in [5, 5.41) is 13.7. The fourth-order valence-electron chi connectivity index (χ4n) is 2.86. The first-order valence-electron chi connectivity index (χ1n) is 9.34. The number of alkyl halides is 3. The lowest BCUT2D eigenvalue weighted by atomic mass is 10.2. The van der Waals surface area contributed by atoms with Gasteiger partial charge in [0, 0.05) is 5.71 Å². The van der Waals surface area contributed by atoms with Gasteiger partial charge < -0.3 is 5.32 Å². The molecule has 0 bridgehead atoms. The van der Waals surface area contributed by atoms with Crippen molar-refractivity contribution in [1.29, 1.82) is 0 Å². The van der Waals surface area contributed by atoms with E-state index in [1.807, 2.05) is 0 Å². The van der Waals surface area contributed by atoms with E-state index in [0.717, 1.165) is 61.4 Å². The van der Waals surface area contributed by atoms with Gasteiger partial charge in [0.05, 0.1) is 22.0 Å². The molecule has 3 rings (SSSR count). The zero-order valence-electron chi connectivity index (χ0n) is 15.9. The number of halogens is 4. The lowest BCUT2D eigenvalue weighted by Gasteiger charge is -2.11. The highest BCUT2D eigenvalue weighted by Gasteiger charge is 2.31. The number of H-pyrrole nitrogens is 1. The van der Waals surface area contributed by atoms with Crippen molar-refractivity contribution in [3.05, 3.63) is 28.8 Å². The number of nitrogens with one attached hydrogen (secondary N) is 3. The normalized spacial score (nSPS) is 14.9. The molecule has 1 amide bonds. The molecule has 0 spiro atoms. The molecule has 162 valence electrons. The number of thioether (sulfide) groups is 1. The van der Waals surface area contributed by atoms with Gasteiger partial charge in [-0.2, -0.15) is 23.3 Å². The topological polar surface area (TPSA) is 95.1 Å². The summed E-state index contributed by atoms with van der Waals surface area (Å²) in [5.41, 5.74) is 2.93. The zero-order valence-corrected chi connectivity index (χ0v) is 17.4. The van der Waals surface area contributed by atoms with E-state index in [1.54, 1.807) is 0 Å². The van der Waals surface area contributed by atoms with Gasteiger partial charge >= 0.3 is 6.18 Å². The first kappa shape index (κ1) is 22.4. The van der Waals surface area contributed by atoms with Crippen molar-refractivity contribution in [1.82, 2.24) is 15.2 Å². The number of hydrogen-bond acceptors (Lipinski definition) is 6. The van der Waals surface area contributed by atoms with Gasteiger partial charge in [-0.05, 0) is 43.9 Å². The number of nitrogens with zero attached hydrogens (tertiary/aromatic N) is 3. The van der Waals surface area contributed by atoms with Crippen LogP contribution in [-0.4, -0.2) is 32.6 Å². The molecule has 7 nitrogen and oxygen atoms in total. The van der Waals surface area contributed by atoms with Crippen LogP contribution in [0.15, 0.2) is 28.5 Å². The lowest BCUT2D eigenvalue weighted by molar-refractivity contribution is -0.137. The minimum Gasteiger partial charge on any atom is -0.324 e. The molecule has 0 atom stereocenters. The monoisotopic (exact) mass is 460 g/mol. The van der Waals surface area contributed by atoms with Crippen LogP contribution in [-0.2, 0) is 11.0 Å². The zero-order chi connectivity index (χ0) is 21.6. The summed E-state index contributed by atoms with van der Waals surface area (Å²) in [6, 6.07) is 2.75. The minimum atomic E-state index is -4.53. The molecule has 0 aliphatic heterocycles. The number of carbonyl (C=O) groups is 1. The van der Waals surface area contributed by atoms with Gasteiger partial charge in [-0.25, -0.2) is 10.5 Å². The maximum absolute atomic E-state index is 12.8. The average molecular weight is 461 g/mol. The van der Waals surface area contributed by atoms with Gasteiger partial charge in [-0.1, -0.05) is 36.2 Å². The summed E-state index contributed by atoms with van der Waals surface area (Å²) in [5.74, 6) is -0.270. The second kappa shape index (κ2) is 10.2. The fourth-order valence-corrected chi connectivity index (χ4v) is 3.62. The summed E-state index contributed by atoms with van der Waals surface area (Å²) < 4.78 is 38.4. The predicted octanol–water partition coefficient (Wildman–Crippen LogP) is 5.33. The SMILES string of the molecule is O=C(CSc1n[nH]c(NN=C2CCCCCC2)n1)Nc1cc(C(F)(F)F)ccc1Cl. The van der Waals surface area contributed by atoms with Crippen LogP contribution < -0.4 is 10.7 Å². The molecule has 1 fully saturated rings. The van der Waals surface area contributed by atoms with Crippen LogP contribution in [0.25, 0.3) is 0 Å². The van der Waals surface area contributed by atoms with Crippen LogP contribution >= 0.6 is 23.4 Å². The van der Waals surface area contributed by atoms with E-state index >= 15 is 0 Å². The first-order chi connectivity index (χ1) is 14.3. The van der Waals surface area contributed by atoms with Gasteiger partial charge in [-0.3, -0.25) is 4.79 Å². The third-order valence-electron chi connectivity index (χ3n) is 4.37. The summed E-state index contributed by atoms with van der Waals surface area (Å²) in [6.45, 7) is 0. The molecule has 30 heavy (non-hydrogen) atoms. The first-order valence-corrected chi connectivity index (χ1v) is 10.7. The maximum atomic E-state index is 12.8. The highest BCUT2D eigenvalue weighted by molar-refractivity contribution is 7.99. The number of hydrazone groups is 1. The van der Waals surface area contributed by atoms with Gasteiger partial charge in [0.1, 0.15) is 0 Å². The molecule has 0 radical (unpaired) electrons. The highest BCUT2D eigenvalue weighted by atomic mass is 35.5. The number of carbonyl (C=O) groups excluding carboxylic acids is 1. The van der Waals surface area contributed by atoms with Crippen molar-refractivity contribution < 1.29 is 18.0 Å². The molecule has 2 aromatic rings. The van der Waals surface area contributed by atoms with Crippen LogP contribution in [0.4, 0.5) is 24.8 Å². The molecule has 1 aromatic carbocycles. The number of anilines is 2. The Morgan fingerprint density at radius 1 is 1.23 bits per heavy atom. The van der Waals surface area contributed by atoms with Gasteiger partial charge in [0.15, 0.2) is 0 Å². The van der Waals surface area contributed by atoms with E-state index < -0.39 is 17.6 Å². The molecule has 12 heteroatoms. The Hall–Kier alpha value is -2.27.